The fraction of sp³-hybridized carbons (Fsp3) is 0.208. The second-order valence-corrected chi connectivity index (χ2v) is 8.18. The molecule has 9 nitrogen and oxygen atoms in total. The van der Waals surface area contributed by atoms with Gasteiger partial charge in [-0.05, 0) is 32.4 Å². The molecule has 2 amide bonds. The molecular weight excluding hydrogens is 456 g/mol. The van der Waals surface area contributed by atoms with E-state index >= 15 is 0 Å². The number of hydrogen-bond donors (Lipinski definition) is 2. The van der Waals surface area contributed by atoms with Crippen LogP contribution in [0, 0.1) is 13.8 Å². The minimum absolute atomic E-state index is 0.0234. The molecule has 2 heterocycles. The number of carbonyl (C=O) groups is 2. The number of halogens is 1. The number of carbonyl (C=O) groups excluding carboxylic acids is 2. The van der Waals surface area contributed by atoms with E-state index in [2.05, 4.69) is 21.0 Å². The molecule has 4 aromatic rings. The zero-order valence-corrected chi connectivity index (χ0v) is 19.7. The summed E-state index contributed by atoms with van der Waals surface area (Å²) < 4.78 is 2.74. The SMILES string of the molecule is CCn1nc(C(=O)NNC(=O)c2c(C)nn(Cc3ccc(C)cc3)c2Cl)c2ccccc2c1=O. The van der Waals surface area contributed by atoms with Gasteiger partial charge in [0.2, 0.25) is 0 Å². The summed E-state index contributed by atoms with van der Waals surface area (Å²) in [6.45, 7) is 6.12. The Morgan fingerprint density at radius 3 is 2.24 bits per heavy atom. The molecule has 10 heteroatoms. The number of nitrogens with one attached hydrogen (secondary N) is 2. The van der Waals surface area contributed by atoms with Gasteiger partial charge in [0.25, 0.3) is 17.4 Å². The van der Waals surface area contributed by atoms with Crippen LogP contribution in [0.2, 0.25) is 5.15 Å². The van der Waals surface area contributed by atoms with Crippen LogP contribution in [0.5, 0.6) is 0 Å². The Morgan fingerprint density at radius 1 is 0.912 bits per heavy atom. The molecule has 2 N–H and O–H groups in total. The molecule has 0 atom stereocenters. The minimum Gasteiger partial charge on any atom is -0.267 e. The van der Waals surface area contributed by atoms with E-state index in [9.17, 15) is 14.4 Å². The number of fused-ring (bicyclic) bond motifs is 1. The van der Waals surface area contributed by atoms with Crippen LogP contribution in [0.25, 0.3) is 10.8 Å². The maximum absolute atomic E-state index is 12.9. The van der Waals surface area contributed by atoms with Crippen molar-refractivity contribution in [2.24, 2.45) is 0 Å². The van der Waals surface area contributed by atoms with Crippen LogP contribution in [0.3, 0.4) is 0 Å². The lowest BCUT2D eigenvalue weighted by Crippen LogP contribution is -2.43. The van der Waals surface area contributed by atoms with Crippen molar-refractivity contribution in [2.45, 2.75) is 33.9 Å². The Hall–Kier alpha value is -3.98. The van der Waals surface area contributed by atoms with Crippen molar-refractivity contribution in [1.82, 2.24) is 30.4 Å². The number of rotatable bonds is 5. The molecule has 0 bridgehead atoms. The van der Waals surface area contributed by atoms with Gasteiger partial charge in [-0.2, -0.15) is 10.2 Å². The standard InChI is InChI=1S/C24H23ClN6O3/c1-4-30-24(34)18-8-6-5-7-17(18)20(29-30)23(33)27-26-22(32)19-15(3)28-31(21(19)25)13-16-11-9-14(2)10-12-16/h5-12H,4,13H2,1-3H3,(H,26,32)(H,27,33). The van der Waals surface area contributed by atoms with Gasteiger partial charge in [-0.15, -0.1) is 0 Å². The molecule has 0 fully saturated rings. The number of aromatic nitrogens is 4. The lowest BCUT2D eigenvalue weighted by molar-refractivity contribution is 0.0843. The molecular formula is C24H23ClN6O3. The first kappa shape index (κ1) is 23.2. The van der Waals surface area contributed by atoms with Crippen LogP contribution in [-0.2, 0) is 13.1 Å². The second kappa shape index (κ2) is 9.48. The highest BCUT2D eigenvalue weighted by Crippen LogP contribution is 2.21. The quantitative estimate of drug-likeness (QED) is 0.428. The van der Waals surface area contributed by atoms with Crippen LogP contribution in [0.4, 0.5) is 0 Å². The molecule has 2 aromatic carbocycles. The van der Waals surface area contributed by atoms with Crippen molar-refractivity contribution >= 4 is 34.2 Å². The summed E-state index contributed by atoms with van der Waals surface area (Å²) in [5.41, 5.74) is 7.18. The number of aryl methyl sites for hydroxylation is 3. The summed E-state index contributed by atoms with van der Waals surface area (Å²) in [6.07, 6.45) is 0. The van der Waals surface area contributed by atoms with E-state index in [1.165, 1.54) is 9.36 Å². The predicted molar refractivity (Wildman–Crippen MR) is 129 cm³/mol. The molecule has 0 aliphatic rings. The molecule has 0 spiro atoms. The topological polar surface area (TPSA) is 111 Å². The highest BCUT2D eigenvalue weighted by atomic mass is 35.5. The monoisotopic (exact) mass is 478 g/mol. The number of hydrogen-bond acceptors (Lipinski definition) is 5. The normalized spacial score (nSPS) is 10.9. The Labute approximate surface area is 200 Å². The van der Waals surface area contributed by atoms with Crippen LogP contribution in [0.1, 0.15) is 44.6 Å². The van der Waals surface area contributed by atoms with E-state index in [0.29, 0.717) is 29.6 Å². The number of nitrogens with zero attached hydrogens (tertiary/aromatic N) is 4. The lowest BCUT2D eigenvalue weighted by atomic mass is 10.1. The van der Waals surface area contributed by atoms with E-state index < -0.39 is 11.8 Å². The maximum atomic E-state index is 12.9. The summed E-state index contributed by atoms with van der Waals surface area (Å²) >= 11 is 6.45. The Morgan fingerprint density at radius 2 is 1.56 bits per heavy atom. The maximum Gasteiger partial charge on any atom is 0.290 e. The third-order valence-electron chi connectivity index (χ3n) is 5.42. The summed E-state index contributed by atoms with van der Waals surface area (Å²) in [5, 5.41) is 9.45. The molecule has 0 aliphatic carbocycles. The first-order valence-corrected chi connectivity index (χ1v) is 11.1. The lowest BCUT2D eigenvalue weighted by Gasteiger charge is -2.11. The number of hydrazine groups is 1. The third kappa shape index (κ3) is 4.42. The Bertz CT molecular complexity index is 1460. The second-order valence-electron chi connectivity index (χ2n) is 7.82. The molecule has 0 saturated heterocycles. The van der Waals surface area contributed by atoms with Crippen molar-refractivity contribution < 1.29 is 9.59 Å². The number of amides is 2. The fourth-order valence-electron chi connectivity index (χ4n) is 3.63. The minimum atomic E-state index is -0.660. The van der Waals surface area contributed by atoms with Gasteiger partial charge < -0.3 is 0 Å². The van der Waals surface area contributed by atoms with E-state index in [0.717, 1.165) is 11.1 Å². The molecule has 174 valence electrons. The van der Waals surface area contributed by atoms with Gasteiger partial charge in [-0.1, -0.05) is 59.6 Å². The molecule has 0 saturated carbocycles. The van der Waals surface area contributed by atoms with Gasteiger partial charge in [0, 0.05) is 11.9 Å². The first-order valence-electron chi connectivity index (χ1n) is 10.7. The average molecular weight is 479 g/mol. The van der Waals surface area contributed by atoms with Gasteiger partial charge >= 0.3 is 0 Å². The summed E-state index contributed by atoms with van der Waals surface area (Å²) in [4.78, 5) is 38.2. The van der Waals surface area contributed by atoms with Crippen molar-refractivity contribution in [3.63, 3.8) is 0 Å². The van der Waals surface area contributed by atoms with E-state index in [4.69, 9.17) is 11.6 Å². The first-order chi connectivity index (χ1) is 16.3. The molecule has 2 aromatic heterocycles. The summed E-state index contributed by atoms with van der Waals surface area (Å²) in [7, 11) is 0. The number of benzene rings is 2. The van der Waals surface area contributed by atoms with E-state index in [1.807, 2.05) is 31.2 Å². The van der Waals surface area contributed by atoms with Crippen molar-refractivity contribution in [1.29, 1.82) is 0 Å². The fourth-order valence-corrected chi connectivity index (χ4v) is 3.96. The predicted octanol–water partition coefficient (Wildman–Crippen LogP) is 3.01. The van der Waals surface area contributed by atoms with Crippen LogP contribution in [0.15, 0.2) is 53.3 Å². The highest BCUT2D eigenvalue weighted by Gasteiger charge is 2.22. The highest BCUT2D eigenvalue weighted by molar-refractivity contribution is 6.33. The molecule has 34 heavy (non-hydrogen) atoms. The molecule has 0 aliphatic heterocycles. The van der Waals surface area contributed by atoms with Crippen molar-refractivity contribution in [2.75, 3.05) is 0 Å². The largest absolute Gasteiger partial charge is 0.290 e. The smallest absolute Gasteiger partial charge is 0.267 e. The third-order valence-corrected chi connectivity index (χ3v) is 5.80. The van der Waals surface area contributed by atoms with Gasteiger partial charge in [0.15, 0.2) is 5.69 Å². The van der Waals surface area contributed by atoms with Crippen LogP contribution >= 0.6 is 11.6 Å². The summed E-state index contributed by atoms with van der Waals surface area (Å²) in [5.74, 6) is -1.27. The molecule has 0 unspecified atom stereocenters. The van der Waals surface area contributed by atoms with Gasteiger partial charge in [-0.3, -0.25) is 25.2 Å². The van der Waals surface area contributed by atoms with Crippen molar-refractivity contribution in [3.8, 4) is 0 Å². The average Bonchev–Trinajstić information content (AvgIpc) is 3.11. The Balaban J connectivity index is 1.54. The Kier molecular flexibility index (Phi) is 6.47. The van der Waals surface area contributed by atoms with Crippen LogP contribution in [-0.4, -0.2) is 31.4 Å². The van der Waals surface area contributed by atoms with Crippen molar-refractivity contribution in [3.05, 3.63) is 92.1 Å². The van der Waals surface area contributed by atoms with Gasteiger partial charge in [-0.25, -0.2) is 9.36 Å². The zero-order valence-electron chi connectivity index (χ0n) is 18.9. The van der Waals surface area contributed by atoms with E-state index in [-0.39, 0.29) is 22.0 Å². The molecule has 0 radical (unpaired) electrons. The zero-order chi connectivity index (χ0) is 24.4. The van der Waals surface area contributed by atoms with E-state index in [1.54, 1.807) is 38.1 Å². The van der Waals surface area contributed by atoms with Gasteiger partial charge in [0.05, 0.1) is 17.6 Å². The van der Waals surface area contributed by atoms with Gasteiger partial charge in [0.1, 0.15) is 10.7 Å². The summed E-state index contributed by atoms with van der Waals surface area (Å²) in [6, 6.07) is 14.6. The molecule has 4 rings (SSSR count). The van der Waals surface area contributed by atoms with Crippen LogP contribution < -0.4 is 16.4 Å².